The smallest absolute Gasteiger partial charge is 0.159 e. The van der Waals surface area contributed by atoms with Gasteiger partial charge in [0.1, 0.15) is 0 Å². The summed E-state index contributed by atoms with van der Waals surface area (Å²) in [6, 6.07) is 2.18. The van der Waals surface area contributed by atoms with Gasteiger partial charge in [0.2, 0.25) is 0 Å². The Balaban J connectivity index is 2.12. The van der Waals surface area contributed by atoms with Crippen molar-refractivity contribution in [2.75, 3.05) is 6.54 Å². The quantitative estimate of drug-likeness (QED) is 0.302. The molecule has 2 atom stereocenters. The summed E-state index contributed by atoms with van der Waals surface area (Å²) < 4.78 is 1.38. The van der Waals surface area contributed by atoms with Crippen LogP contribution in [0.2, 0.25) is 0 Å². The van der Waals surface area contributed by atoms with Gasteiger partial charge in [-0.25, -0.2) is 0 Å². The first-order valence-electron chi connectivity index (χ1n) is 2.91. The summed E-state index contributed by atoms with van der Waals surface area (Å²) in [4.78, 5) is 0. The lowest BCUT2D eigenvalue weighted by atomic mass is 10.7. The number of hydrogen-bond donors (Lipinski definition) is 0. The minimum absolute atomic E-state index is 1.09. The van der Waals surface area contributed by atoms with E-state index < -0.39 is 0 Å². The van der Waals surface area contributed by atoms with E-state index in [2.05, 4.69) is 6.58 Å². The van der Waals surface area contributed by atoms with Crippen molar-refractivity contribution in [3.05, 3.63) is 12.3 Å². The zero-order valence-corrected chi connectivity index (χ0v) is 4.22. The number of hydrogen-bond acceptors (Lipinski definition) is 0. The molecule has 0 aromatic heterocycles. The standard InChI is InChI=1S/C6H8N/c1-4-3-7(4)5-2-6(5)7/h5-6H,1-3H2/q+1. The van der Waals surface area contributed by atoms with E-state index in [4.69, 9.17) is 0 Å². The van der Waals surface area contributed by atoms with Crippen LogP contribution >= 0.6 is 0 Å². The highest BCUT2D eigenvalue weighted by Gasteiger charge is 2.89. The maximum atomic E-state index is 3.94. The highest BCUT2D eigenvalue weighted by atomic mass is 15.7. The molecule has 3 fully saturated rings. The second-order valence-corrected chi connectivity index (χ2v) is 3.03. The van der Waals surface area contributed by atoms with Crippen LogP contribution in [0.3, 0.4) is 0 Å². The minimum atomic E-state index is 1.09. The fourth-order valence-corrected chi connectivity index (χ4v) is 1.91. The third-order valence-corrected chi connectivity index (χ3v) is 2.75. The average molecular weight is 94.1 g/mol. The summed E-state index contributed by atoms with van der Waals surface area (Å²) in [7, 11) is 0. The molecule has 0 N–H and O–H groups in total. The van der Waals surface area contributed by atoms with E-state index in [-0.39, 0.29) is 0 Å². The molecule has 36 valence electrons. The van der Waals surface area contributed by atoms with Crippen LogP contribution in [0.4, 0.5) is 0 Å². The summed E-state index contributed by atoms with van der Waals surface area (Å²) in [6.07, 6.45) is 1.51. The molecule has 2 unspecified atom stereocenters. The highest BCUT2D eigenvalue weighted by molar-refractivity contribution is 5.23. The Bertz CT molecular complexity index is 163. The molecule has 1 aliphatic carbocycles. The van der Waals surface area contributed by atoms with E-state index in [0.29, 0.717) is 0 Å². The van der Waals surface area contributed by atoms with E-state index in [1.807, 2.05) is 0 Å². The summed E-state index contributed by atoms with van der Waals surface area (Å²) in [5, 5.41) is 0. The normalized spacial score (nSPS) is 70.6. The molecule has 0 radical (unpaired) electrons. The average Bonchev–Trinajstić information content (AvgIpc) is 2.23. The SMILES string of the molecule is C=C1C[N+]12C1CC12. The van der Waals surface area contributed by atoms with Crippen molar-refractivity contribution < 1.29 is 4.48 Å². The second kappa shape index (κ2) is 0.451. The summed E-state index contributed by atoms with van der Waals surface area (Å²) in [5.41, 5.74) is 1.50. The largest absolute Gasteiger partial charge is 0.267 e. The molecule has 0 bridgehead atoms. The van der Waals surface area contributed by atoms with Crippen LogP contribution in [0.25, 0.3) is 0 Å². The Morgan fingerprint density at radius 1 is 1.57 bits per heavy atom. The molecular formula is C6H8N+. The van der Waals surface area contributed by atoms with Gasteiger partial charge in [-0.15, -0.1) is 0 Å². The Morgan fingerprint density at radius 2 is 2.14 bits per heavy atom. The molecule has 1 nitrogen and oxygen atoms in total. The van der Waals surface area contributed by atoms with Crippen LogP contribution in [0.15, 0.2) is 12.3 Å². The van der Waals surface area contributed by atoms with Gasteiger partial charge in [-0.1, -0.05) is 0 Å². The molecule has 0 aromatic rings. The Kier molecular flexibility index (Phi) is 0.185. The first-order chi connectivity index (χ1) is 3.36. The van der Waals surface area contributed by atoms with Gasteiger partial charge < -0.3 is 0 Å². The van der Waals surface area contributed by atoms with Crippen molar-refractivity contribution in [2.45, 2.75) is 18.5 Å². The van der Waals surface area contributed by atoms with Gasteiger partial charge in [0, 0.05) is 0 Å². The number of quaternary nitrogens is 1. The van der Waals surface area contributed by atoms with Gasteiger partial charge in [0.25, 0.3) is 0 Å². The van der Waals surface area contributed by atoms with Gasteiger partial charge in [-0.2, -0.15) is 0 Å². The van der Waals surface area contributed by atoms with Crippen molar-refractivity contribution in [3.63, 3.8) is 0 Å². The third-order valence-electron chi connectivity index (χ3n) is 2.75. The molecule has 7 heavy (non-hydrogen) atoms. The fraction of sp³-hybridized carbons (Fsp3) is 0.667. The number of nitrogens with zero attached hydrogens (tertiary/aromatic N) is 1. The Morgan fingerprint density at radius 3 is 2.14 bits per heavy atom. The molecule has 1 spiro atoms. The molecule has 2 saturated heterocycles. The van der Waals surface area contributed by atoms with Crippen LogP contribution in [0, 0.1) is 0 Å². The molecular weight excluding hydrogens is 86.1 g/mol. The predicted octanol–water partition coefficient (Wildman–Crippen LogP) is 0.485. The van der Waals surface area contributed by atoms with E-state index in [1.165, 1.54) is 23.1 Å². The maximum Gasteiger partial charge on any atom is 0.159 e. The topological polar surface area (TPSA) is 0 Å². The van der Waals surface area contributed by atoms with Crippen LogP contribution in [-0.4, -0.2) is 23.1 Å². The number of rotatable bonds is 0. The molecule has 3 aliphatic rings. The Labute approximate surface area is 42.8 Å². The molecule has 0 aromatic carbocycles. The second-order valence-electron chi connectivity index (χ2n) is 3.03. The lowest BCUT2D eigenvalue weighted by Crippen LogP contribution is -2.06. The van der Waals surface area contributed by atoms with Gasteiger partial charge in [-0.05, 0) is 6.58 Å². The van der Waals surface area contributed by atoms with E-state index >= 15 is 0 Å². The van der Waals surface area contributed by atoms with Gasteiger partial charge in [0.05, 0.1) is 6.42 Å². The molecule has 3 rings (SSSR count). The highest BCUT2D eigenvalue weighted by Crippen LogP contribution is 2.70. The predicted molar refractivity (Wildman–Crippen MR) is 26.5 cm³/mol. The summed E-state index contributed by atoms with van der Waals surface area (Å²) in [5.74, 6) is 0. The van der Waals surface area contributed by atoms with Crippen LogP contribution < -0.4 is 0 Å². The molecule has 1 heteroatoms. The van der Waals surface area contributed by atoms with Crippen LogP contribution in [0.5, 0.6) is 0 Å². The van der Waals surface area contributed by atoms with E-state index in [1.54, 1.807) is 0 Å². The number of fused-ring (bicyclic) bond motifs is 3. The molecule has 2 heterocycles. The first kappa shape index (κ1) is 2.88. The van der Waals surface area contributed by atoms with Crippen molar-refractivity contribution in [1.29, 1.82) is 0 Å². The van der Waals surface area contributed by atoms with Crippen molar-refractivity contribution in [3.8, 4) is 0 Å². The fourth-order valence-electron chi connectivity index (χ4n) is 1.91. The van der Waals surface area contributed by atoms with Gasteiger partial charge in [-0.3, -0.25) is 4.48 Å². The van der Waals surface area contributed by atoms with Gasteiger partial charge >= 0.3 is 0 Å². The van der Waals surface area contributed by atoms with E-state index in [0.717, 1.165) is 12.1 Å². The maximum absolute atomic E-state index is 3.94. The van der Waals surface area contributed by atoms with Crippen molar-refractivity contribution >= 4 is 0 Å². The molecule has 2 aliphatic heterocycles. The third kappa shape index (κ3) is 0.128. The minimum Gasteiger partial charge on any atom is -0.267 e. The van der Waals surface area contributed by atoms with Crippen molar-refractivity contribution in [1.82, 2.24) is 0 Å². The molecule has 0 amide bonds. The van der Waals surface area contributed by atoms with Crippen LogP contribution in [-0.2, 0) is 0 Å². The van der Waals surface area contributed by atoms with Crippen molar-refractivity contribution in [2.24, 2.45) is 0 Å². The summed E-state index contributed by atoms with van der Waals surface area (Å²) in [6.45, 7) is 5.26. The zero-order chi connectivity index (χ0) is 4.65. The molecule has 1 saturated carbocycles. The summed E-state index contributed by atoms with van der Waals surface area (Å²) >= 11 is 0. The van der Waals surface area contributed by atoms with Crippen LogP contribution in [0.1, 0.15) is 6.42 Å². The van der Waals surface area contributed by atoms with Gasteiger partial charge in [0.15, 0.2) is 24.3 Å². The Hall–Kier alpha value is -0.300. The zero-order valence-electron chi connectivity index (χ0n) is 4.22. The first-order valence-corrected chi connectivity index (χ1v) is 2.91. The lowest BCUT2D eigenvalue weighted by Gasteiger charge is -1.92. The lowest BCUT2D eigenvalue weighted by molar-refractivity contribution is -0.689. The van der Waals surface area contributed by atoms with E-state index in [9.17, 15) is 0 Å². The monoisotopic (exact) mass is 94.1 g/mol.